The van der Waals surface area contributed by atoms with E-state index in [1.54, 1.807) is 4.90 Å². The molecule has 0 radical (unpaired) electrons. The van der Waals surface area contributed by atoms with Crippen LogP contribution in [-0.2, 0) is 14.6 Å². The van der Waals surface area contributed by atoms with Crippen molar-refractivity contribution in [2.75, 3.05) is 25.1 Å². The third-order valence-corrected chi connectivity index (χ3v) is 3.07. The SMILES string of the molecule is CC1CN(C(=O)CS(C)(=O)=O)CC(C)N1.Cl. The van der Waals surface area contributed by atoms with Crippen molar-refractivity contribution in [2.45, 2.75) is 25.9 Å². The second kappa shape index (κ2) is 5.84. The Morgan fingerprint density at radius 3 is 2.12 bits per heavy atom. The maximum absolute atomic E-state index is 11.6. The van der Waals surface area contributed by atoms with E-state index in [-0.39, 0.29) is 36.2 Å². The molecule has 1 saturated heterocycles. The molecule has 1 amide bonds. The molecule has 0 aromatic carbocycles. The van der Waals surface area contributed by atoms with E-state index in [2.05, 4.69) is 5.32 Å². The van der Waals surface area contributed by atoms with Crippen LogP contribution in [0.1, 0.15) is 13.8 Å². The zero-order valence-electron chi connectivity index (χ0n) is 9.76. The number of hydrogen-bond acceptors (Lipinski definition) is 4. The van der Waals surface area contributed by atoms with E-state index >= 15 is 0 Å². The summed E-state index contributed by atoms with van der Waals surface area (Å²) in [6.45, 7) is 5.13. The van der Waals surface area contributed by atoms with Crippen LogP contribution in [0, 0.1) is 0 Å². The Kier molecular flexibility index (Phi) is 5.72. The molecule has 1 N–H and O–H groups in total. The molecule has 2 unspecified atom stereocenters. The summed E-state index contributed by atoms with van der Waals surface area (Å²) in [5.74, 6) is -0.676. The van der Waals surface area contributed by atoms with Crippen molar-refractivity contribution in [1.82, 2.24) is 10.2 Å². The first-order chi connectivity index (χ1) is 6.78. The number of sulfone groups is 1. The zero-order valence-corrected chi connectivity index (χ0v) is 11.4. The van der Waals surface area contributed by atoms with Crippen LogP contribution in [0.3, 0.4) is 0 Å². The minimum atomic E-state index is -3.22. The molecule has 0 aromatic rings. The fourth-order valence-corrected chi connectivity index (χ4v) is 2.48. The smallest absolute Gasteiger partial charge is 0.237 e. The molecule has 2 atom stereocenters. The van der Waals surface area contributed by atoms with E-state index in [1.807, 2.05) is 13.8 Å². The number of piperazine rings is 1. The lowest BCUT2D eigenvalue weighted by molar-refractivity contribution is -0.130. The fourth-order valence-electron chi connectivity index (χ4n) is 1.85. The summed E-state index contributed by atoms with van der Waals surface area (Å²) < 4.78 is 22.0. The van der Waals surface area contributed by atoms with Gasteiger partial charge < -0.3 is 10.2 Å². The fraction of sp³-hybridized carbons (Fsp3) is 0.889. The van der Waals surface area contributed by atoms with E-state index in [9.17, 15) is 13.2 Å². The second-order valence-corrected chi connectivity index (χ2v) is 6.48. The minimum Gasteiger partial charge on any atom is -0.339 e. The van der Waals surface area contributed by atoms with Crippen molar-refractivity contribution in [3.8, 4) is 0 Å². The third-order valence-electron chi connectivity index (χ3n) is 2.30. The molecule has 5 nitrogen and oxygen atoms in total. The van der Waals surface area contributed by atoms with Crippen LogP contribution in [0.2, 0.25) is 0 Å². The molecular weight excluding hydrogens is 252 g/mol. The van der Waals surface area contributed by atoms with Gasteiger partial charge >= 0.3 is 0 Å². The van der Waals surface area contributed by atoms with Crippen molar-refractivity contribution < 1.29 is 13.2 Å². The number of hydrogen-bond donors (Lipinski definition) is 1. The van der Waals surface area contributed by atoms with Crippen LogP contribution in [0.5, 0.6) is 0 Å². The monoisotopic (exact) mass is 270 g/mol. The first kappa shape index (κ1) is 15.7. The highest BCUT2D eigenvalue weighted by molar-refractivity contribution is 7.91. The zero-order chi connectivity index (χ0) is 11.6. The van der Waals surface area contributed by atoms with E-state index in [0.29, 0.717) is 13.1 Å². The van der Waals surface area contributed by atoms with E-state index in [1.165, 1.54) is 0 Å². The minimum absolute atomic E-state index is 0. The molecule has 1 aliphatic rings. The summed E-state index contributed by atoms with van der Waals surface area (Å²) in [5, 5.41) is 3.28. The Hall–Kier alpha value is -0.330. The highest BCUT2D eigenvalue weighted by Crippen LogP contribution is 2.05. The average Bonchev–Trinajstić information content (AvgIpc) is 1.98. The van der Waals surface area contributed by atoms with Gasteiger partial charge in [-0.15, -0.1) is 12.4 Å². The largest absolute Gasteiger partial charge is 0.339 e. The molecule has 0 saturated carbocycles. The van der Waals surface area contributed by atoms with Gasteiger partial charge in [-0.2, -0.15) is 0 Å². The normalized spacial score (nSPS) is 26.1. The van der Waals surface area contributed by atoms with Crippen molar-refractivity contribution in [3.05, 3.63) is 0 Å². The van der Waals surface area contributed by atoms with Crippen LogP contribution in [0.25, 0.3) is 0 Å². The molecule has 1 fully saturated rings. The highest BCUT2D eigenvalue weighted by atomic mass is 35.5. The maximum Gasteiger partial charge on any atom is 0.237 e. The first-order valence-corrected chi connectivity index (χ1v) is 7.05. The average molecular weight is 271 g/mol. The summed E-state index contributed by atoms with van der Waals surface area (Å²) in [5.41, 5.74) is 0. The van der Waals surface area contributed by atoms with Crippen LogP contribution in [0.15, 0.2) is 0 Å². The number of carbonyl (C=O) groups excluding carboxylic acids is 1. The summed E-state index contributed by atoms with van der Waals surface area (Å²) in [4.78, 5) is 13.2. The molecule has 0 aliphatic carbocycles. The lowest BCUT2D eigenvalue weighted by atomic mass is 10.1. The first-order valence-electron chi connectivity index (χ1n) is 4.99. The van der Waals surface area contributed by atoms with Crippen molar-refractivity contribution in [2.24, 2.45) is 0 Å². The summed E-state index contributed by atoms with van der Waals surface area (Å²) in [6, 6.07) is 0.439. The number of nitrogens with one attached hydrogen (secondary N) is 1. The molecule has 1 aliphatic heterocycles. The molecule has 7 heteroatoms. The number of amides is 1. The third kappa shape index (κ3) is 5.14. The van der Waals surface area contributed by atoms with Gasteiger partial charge in [-0.25, -0.2) is 8.42 Å². The summed E-state index contributed by atoms with van der Waals surface area (Å²) >= 11 is 0. The van der Waals surface area contributed by atoms with Gasteiger partial charge in [0, 0.05) is 31.4 Å². The molecular formula is C9H19ClN2O3S. The van der Waals surface area contributed by atoms with Crippen molar-refractivity contribution >= 4 is 28.2 Å². The van der Waals surface area contributed by atoms with Crippen molar-refractivity contribution in [1.29, 1.82) is 0 Å². The number of nitrogens with zero attached hydrogens (tertiary/aromatic N) is 1. The van der Waals surface area contributed by atoms with Crippen molar-refractivity contribution in [3.63, 3.8) is 0 Å². The van der Waals surface area contributed by atoms with E-state index < -0.39 is 9.84 Å². The molecule has 0 aromatic heterocycles. The standard InChI is InChI=1S/C9H18N2O3S.ClH/c1-7-4-11(5-8(2)10-7)9(12)6-15(3,13)14;/h7-8,10H,4-6H2,1-3H3;1H. The van der Waals surface area contributed by atoms with E-state index in [0.717, 1.165) is 6.26 Å². The Bertz CT molecular complexity index is 335. The quantitative estimate of drug-likeness (QED) is 0.746. The predicted octanol–water partition coefficient (Wildman–Crippen LogP) is -0.338. The van der Waals surface area contributed by atoms with Gasteiger partial charge in [0.1, 0.15) is 5.75 Å². The Morgan fingerprint density at radius 2 is 1.75 bits per heavy atom. The van der Waals surface area contributed by atoms with Gasteiger partial charge in [-0.3, -0.25) is 4.79 Å². The maximum atomic E-state index is 11.6. The van der Waals surface area contributed by atoms with Crippen LogP contribution >= 0.6 is 12.4 Å². The van der Waals surface area contributed by atoms with E-state index in [4.69, 9.17) is 0 Å². The Balaban J connectivity index is 0.00000225. The Labute approximate surface area is 103 Å². The molecule has 0 spiro atoms. The van der Waals surface area contributed by atoms with Gasteiger partial charge in [0.15, 0.2) is 9.84 Å². The number of carbonyl (C=O) groups is 1. The van der Waals surface area contributed by atoms with Crippen LogP contribution in [-0.4, -0.2) is 56.4 Å². The van der Waals surface area contributed by atoms with Gasteiger partial charge in [-0.05, 0) is 13.8 Å². The second-order valence-electron chi connectivity index (χ2n) is 4.34. The predicted molar refractivity (Wildman–Crippen MR) is 65.6 cm³/mol. The summed E-state index contributed by atoms with van der Waals surface area (Å²) in [6.07, 6.45) is 1.08. The van der Waals surface area contributed by atoms with Crippen LogP contribution < -0.4 is 5.32 Å². The molecule has 1 rings (SSSR count). The molecule has 16 heavy (non-hydrogen) atoms. The van der Waals surface area contributed by atoms with Crippen LogP contribution in [0.4, 0.5) is 0 Å². The number of halogens is 1. The highest BCUT2D eigenvalue weighted by Gasteiger charge is 2.26. The number of rotatable bonds is 2. The molecule has 96 valence electrons. The van der Waals surface area contributed by atoms with Gasteiger partial charge in [0.05, 0.1) is 0 Å². The topological polar surface area (TPSA) is 66.5 Å². The Morgan fingerprint density at radius 1 is 1.31 bits per heavy atom. The van der Waals surface area contributed by atoms with Gasteiger partial charge in [-0.1, -0.05) is 0 Å². The molecule has 1 heterocycles. The van der Waals surface area contributed by atoms with Gasteiger partial charge in [0.25, 0.3) is 0 Å². The van der Waals surface area contributed by atoms with Gasteiger partial charge in [0.2, 0.25) is 5.91 Å². The summed E-state index contributed by atoms with van der Waals surface area (Å²) in [7, 11) is -3.22. The lowest BCUT2D eigenvalue weighted by Crippen LogP contribution is -2.56. The lowest BCUT2D eigenvalue weighted by Gasteiger charge is -2.36. The molecule has 0 bridgehead atoms.